The first kappa shape index (κ1) is 13.6. The van der Waals surface area contributed by atoms with E-state index in [1.807, 2.05) is 9.80 Å². The summed E-state index contributed by atoms with van der Waals surface area (Å²) in [6.07, 6.45) is 1.95. The van der Waals surface area contributed by atoms with Gasteiger partial charge in [-0.2, -0.15) is 0 Å². The van der Waals surface area contributed by atoms with E-state index >= 15 is 0 Å². The number of hydrogen-bond donors (Lipinski definition) is 2. The Labute approximate surface area is 119 Å². The van der Waals surface area contributed by atoms with Crippen LogP contribution in [-0.2, 0) is 4.79 Å². The van der Waals surface area contributed by atoms with E-state index in [0.717, 1.165) is 25.9 Å². The fraction of sp³-hybridized carbons (Fsp3) is 0.846. The Balaban J connectivity index is 1.50. The molecule has 3 amide bonds. The van der Waals surface area contributed by atoms with Gasteiger partial charge in [0.2, 0.25) is 5.91 Å². The summed E-state index contributed by atoms with van der Waals surface area (Å²) in [4.78, 5) is 29.8. The highest BCUT2D eigenvalue weighted by atomic mass is 16.2. The fourth-order valence-corrected chi connectivity index (χ4v) is 3.23. The number of hydrogen-bond acceptors (Lipinski definition) is 4. The van der Waals surface area contributed by atoms with Crippen molar-refractivity contribution in [1.82, 2.24) is 20.0 Å². The molecule has 0 radical (unpaired) electrons. The number of rotatable bonds is 2. The number of carbonyl (C=O) groups excluding carboxylic acids is 2. The van der Waals surface area contributed by atoms with Crippen molar-refractivity contribution < 1.29 is 9.59 Å². The zero-order chi connectivity index (χ0) is 14.1. The zero-order valence-corrected chi connectivity index (χ0v) is 11.8. The number of urea groups is 1. The molecule has 0 aromatic rings. The van der Waals surface area contributed by atoms with Crippen LogP contribution in [0.25, 0.3) is 0 Å². The first-order chi connectivity index (χ1) is 9.63. The van der Waals surface area contributed by atoms with E-state index in [4.69, 9.17) is 5.73 Å². The van der Waals surface area contributed by atoms with Crippen LogP contribution in [0.5, 0.6) is 0 Å². The smallest absolute Gasteiger partial charge is 0.317 e. The maximum Gasteiger partial charge on any atom is 0.317 e. The number of likely N-dealkylation sites (tertiary alicyclic amines) is 1. The van der Waals surface area contributed by atoms with Crippen molar-refractivity contribution in [3.63, 3.8) is 0 Å². The van der Waals surface area contributed by atoms with Gasteiger partial charge in [0.1, 0.15) is 0 Å². The molecule has 1 atom stereocenters. The highest BCUT2D eigenvalue weighted by molar-refractivity contribution is 5.80. The molecule has 0 aromatic heterocycles. The lowest BCUT2D eigenvalue weighted by atomic mass is 10.1. The number of fused-ring (bicyclic) bond motifs is 1. The average molecular weight is 281 g/mol. The van der Waals surface area contributed by atoms with E-state index in [1.54, 1.807) is 0 Å². The van der Waals surface area contributed by atoms with E-state index in [-0.39, 0.29) is 18.0 Å². The summed E-state index contributed by atoms with van der Waals surface area (Å²) in [6, 6.07) is 0.447. The fourth-order valence-electron chi connectivity index (χ4n) is 3.23. The molecule has 0 aromatic carbocycles. The molecule has 3 fully saturated rings. The number of nitrogens with two attached hydrogens (primary N) is 1. The van der Waals surface area contributed by atoms with Gasteiger partial charge in [-0.15, -0.1) is 0 Å². The van der Waals surface area contributed by atoms with Gasteiger partial charge in [0.15, 0.2) is 0 Å². The van der Waals surface area contributed by atoms with Crippen molar-refractivity contribution in [2.45, 2.75) is 24.9 Å². The van der Waals surface area contributed by atoms with Crippen molar-refractivity contribution >= 4 is 11.9 Å². The lowest BCUT2D eigenvalue weighted by Gasteiger charge is -2.38. The van der Waals surface area contributed by atoms with E-state index < -0.39 is 0 Å². The summed E-state index contributed by atoms with van der Waals surface area (Å²) in [5.41, 5.74) is 5.88. The lowest BCUT2D eigenvalue weighted by Crippen LogP contribution is -2.56. The number of amides is 3. The molecule has 3 heterocycles. The standard InChI is InChI=1S/C13H23N5O2/c14-10-1-3-16(4-2-10)9-12(19)17-5-6-18-11(8-17)7-15-13(18)20/h10-11H,1-9,14H2,(H,15,20). The molecule has 3 aliphatic heterocycles. The van der Waals surface area contributed by atoms with E-state index in [0.29, 0.717) is 38.8 Å². The van der Waals surface area contributed by atoms with Gasteiger partial charge in [-0.3, -0.25) is 9.69 Å². The van der Waals surface area contributed by atoms with Gasteiger partial charge in [-0.05, 0) is 12.8 Å². The number of piperazine rings is 1. The normalized spacial score (nSPS) is 28.4. The van der Waals surface area contributed by atoms with Crippen molar-refractivity contribution in [2.75, 3.05) is 45.8 Å². The molecule has 0 spiro atoms. The molecule has 3 aliphatic rings. The minimum absolute atomic E-state index is 0.00659. The Kier molecular flexibility index (Phi) is 3.80. The topological polar surface area (TPSA) is 81.9 Å². The predicted molar refractivity (Wildman–Crippen MR) is 74.1 cm³/mol. The highest BCUT2D eigenvalue weighted by Crippen LogP contribution is 2.15. The summed E-state index contributed by atoms with van der Waals surface area (Å²) < 4.78 is 0. The van der Waals surface area contributed by atoms with Gasteiger partial charge in [0.25, 0.3) is 0 Å². The Morgan fingerprint density at radius 2 is 2.00 bits per heavy atom. The molecule has 0 aliphatic carbocycles. The summed E-state index contributed by atoms with van der Waals surface area (Å²) in [7, 11) is 0. The van der Waals surface area contributed by atoms with Crippen molar-refractivity contribution in [3.05, 3.63) is 0 Å². The third-order valence-corrected chi connectivity index (χ3v) is 4.58. The van der Waals surface area contributed by atoms with Gasteiger partial charge in [0, 0.05) is 45.3 Å². The second-order valence-corrected chi connectivity index (χ2v) is 5.99. The molecule has 7 heteroatoms. The SMILES string of the molecule is NC1CCN(CC(=O)N2CCN3C(=O)NCC3C2)CC1. The maximum atomic E-state index is 12.3. The quantitative estimate of drug-likeness (QED) is 0.655. The van der Waals surface area contributed by atoms with Gasteiger partial charge in [-0.25, -0.2) is 4.79 Å². The van der Waals surface area contributed by atoms with Crippen LogP contribution in [0.1, 0.15) is 12.8 Å². The van der Waals surface area contributed by atoms with Gasteiger partial charge < -0.3 is 20.9 Å². The molecule has 0 bridgehead atoms. The molecule has 7 nitrogen and oxygen atoms in total. The minimum Gasteiger partial charge on any atom is -0.338 e. The highest BCUT2D eigenvalue weighted by Gasteiger charge is 2.37. The largest absolute Gasteiger partial charge is 0.338 e. The number of nitrogens with zero attached hydrogens (tertiary/aromatic N) is 3. The first-order valence-electron chi connectivity index (χ1n) is 7.43. The van der Waals surface area contributed by atoms with Crippen LogP contribution in [0.3, 0.4) is 0 Å². The molecule has 3 saturated heterocycles. The number of carbonyl (C=O) groups is 2. The predicted octanol–water partition coefficient (Wildman–Crippen LogP) is -1.35. The van der Waals surface area contributed by atoms with Crippen molar-refractivity contribution in [1.29, 1.82) is 0 Å². The Morgan fingerprint density at radius 3 is 2.75 bits per heavy atom. The zero-order valence-electron chi connectivity index (χ0n) is 11.8. The second kappa shape index (κ2) is 5.57. The molecular formula is C13H23N5O2. The Hall–Kier alpha value is -1.34. The van der Waals surface area contributed by atoms with Crippen LogP contribution < -0.4 is 11.1 Å². The molecular weight excluding hydrogens is 258 g/mol. The third-order valence-electron chi connectivity index (χ3n) is 4.58. The van der Waals surface area contributed by atoms with Gasteiger partial charge in [-0.1, -0.05) is 0 Å². The summed E-state index contributed by atoms with van der Waals surface area (Å²) >= 11 is 0. The van der Waals surface area contributed by atoms with Crippen molar-refractivity contribution in [2.24, 2.45) is 5.73 Å². The van der Waals surface area contributed by atoms with Crippen LogP contribution in [-0.4, -0.2) is 84.5 Å². The van der Waals surface area contributed by atoms with Crippen LogP contribution in [0, 0.1) is 0 Å². The van der Waals surface area contributed by atoms with Gasteiger partial charge in [0.05, 0.1) is 12.6 Å². The average Bonchev–Trinajstić information content (AvgIpc) is 2.82. The summed E-state index contributed by atoms with van der Waals surface area (Å²) in [5, 5.41) is 2.83. The molecule has 1 unspecified atom stereocenters. The van der Waals surface area contributed by atoms with E-state index in [1.165, 1.54) is 0 Å². The molecule has 20 heavy (non-hydrogen) atoms. The van der Waals surface area contributed by atoms with Crippen LogP contribution in [0.4, 0.5) is 4.79 Å². The Morgan fingerprint density at radius 1 is 1.25 bits per heavy atom. The first-order valence-corrected chi connectivity index (χ1v) is 7.43. The third kappa shape index (κ3) is 2.73. The van der Waals surface area contributed by atoms with Crippen LogP contribution in [0.15, 0.2) is 0 Å². The molecule has 3 rings (SSSR count). The lowest BCUT2D eigenvalue weighted by molar-refractivity contribution is -0.134. The second-order valence-electron chi connectivity index (χ2n) is 5.99. The van der Waals surface area contributed by atoms with Crippen molar-refractivity contribution in [3.8, 4) is 0 Å². The molecule has 0 saturated carbocycles. The number of piperidine rings is 1. The maximum absolute atomic E-state index is 12.3. The summed E-state index contributed by atoms with van der Waals surface area (Å²) in [6.45, 7) is 4.92. The van der Waals surface area contributed by atoms with Crippen LogP contribution in [0.2, 0.25) is 0 Å². The number of nitrogens with one attached hydrogen (secondary N) is 1. The molecule has 3 N–H and O–H groups in total. The van der Waals surface area contributed by atoms with Crippen LogP contribution >= 0.6 is 0 Å². The van der Waals surface area contributed by atoms with E-state index in [2.05, 4.69) is 10.2 Å². The minimum atomic E-state index is 0.00659. The summed E-state index contributed by atoms with van der Waals surface area (Å²) in [5.74, 6) is 0.180. The Bertz CT molecular complexity index is 394. The van der Waals surface area contributed by atoms with E-state index in [9.17, 15) is 9.59 Å². The monoisotopic (exact) mass is 281 g/mol. The molecule has 112 valence electrons. The van der Waals surface area contributed by atoms with Gasteiger partial charge >= 0.3 is 6.03 Å².